The maximum atomic E-state index is 12.1. The first kappa shape index (κ1) is 16.6. The number of aldehydes is 1. The van der Waals surface area contributed by atoms with Crippen LogP contribution >= 0.6 is 0 Å². The van der Waals surface area contributed by atoms with Crippen LogP contribution in [-0.2, 0) is 4.79 Å². The third kappa shape index (κ3) is 3.07. The molecule has 2 aromatic carbocycles. The van der Waals surface area contributed by atoms with E-state index in [0.717, 1.165) is 34.2 Å². The molecule has 1 atom stereocenters. The van der Waals surface area contributed by atoms with Crippen LogP contribution in [0.25, 0.3) is 11.1 Å². The van der Waals surface area contributed by atoms with Gasteiger partial charge in [0.05, 0.1) is 24.2 Å². The molecule has 0 amide bonds. The molecular formula is C23H16N2O2. The zero-order valence-electron chi connectivity index (χ0n) is 14.4. The van der Waals surface area contributed by atoms with Gasteiger partial charge in [0.1, 0.15) is 12.3 Å². The molecule has 0 spiro atoms. The summed E-state index contributed by atoms with van der Waals surface area (Å²) in [6.07, 6.45) is 8.10. The quantitative estimate of drug-likeness (QED) is 0.641. The standard InChI is InChI=1S/C23H16N2O2/c24-13-17-6-4-5-9-21(17)22-12-19(18-10-11-27-16-18)14-25(23(22)15-26)20-7-2-1-3-8-20/h1-12,14-16,23H. The molecule has 1 unspecified atom stereocenters. The Kier molecular flexibility index (Phi) is 4.42. The lowest BCUT2D eigenvalue weighted by Crippen LogP contribution is -2.35. The normalized spacial score (nSPS) is 16.3. The third-order valence-electron chi connectivity index (χ3n) is 4.60. The van der Waals surface area contributed by atoms with Gasteiger partial charge in [-0.25, -0.2) is 0 Å². The highest BCUT2D eigenvalue weighted by atomic mass is 16.3. The largest absolute Gasteiger partial charge is 0.472 e. The van der Waals surface area contributed by atoms with Crippen molar-refractivity contribution in [1.82, 2.24) is 0 Å². The van der Waals surface area contributed by atoms with Crippen molar-refractivity contribution in [3.63, 3.8) is 0 Å². The molecule has 0 fully saturated rings. The number of hydrogen-bond donors (Lipinski definition) is 0. The fourth-order valence-electron chi connectivity index (χ4n) is 3.30. The van der Waals surface area contributed by atoms with Gasteiger partial charge >= 0.3 is 0 Å². The van der Waals surface area contributed by atoms with Crippen LogP contribution in [-0.4, -0.2) is 12.3 Å². The first-order valence-corrected chi connectivity index (χ1v) is 8.56. The smallest absolute Gasteiger partial charge is 0.147 e. The van der Waals surface area contributed by atoms with Crippen molar-refractivity contribution in [3.05, 3.63) is 102 Å². The Morgan fingerprint density at radius 3 is 2.52 bits per heavy atom. The van der Waals surface area contributed by atoms with Gasteiger partial charge in [0.15, 0.2) is 0 Å². The molecule has 4 heteroatoms. The molecule has 1 aliphatic heterocycles. The molecular weight excluding hydrogens is 336 g/mol. The number of hydrogen-bond acceptors (Lipinski definition) is 4. The van der Waals surface area contributed by atoms with Gasteiger partial charge in [-0.15, -0.1) is 0 Å². The number of carbonyl (C=O) groups is 1. The zero-order chi connectivity index (χ0) is 18.6. The first-order valence-electron chi connectivity index (χ1n) is 8.56. The Morgan fingerprint density at radius 2 is 1.81 bits per heavy atom. The first-order chi connectivity index (χ1) is 13.3. The van der Waals surface area contributed by atoms with Gasteiger partial charge in [-0.05, 0) is 41.5 Å². The Labute approximate surface area is 157 Å². The Morgan fingerprint density at radius 1 is 1.04 bits per heavy atom. The summed E-state index contributed by atoms with van der Waals surface area (Å²) in [7, 11) is 0. The number of anilines is 1. The summed E-state index contributed by atoms with van der Waals surface area (Å²) in [5, 5.41) is 9.53. The average Bonchev–Trinajstić information content (AvgIpc) is 3.28. The second kappa shape index (κ2) is 7.19. The minimum absolute atomic E-state index is 0.530. The number of nitriles is 1. The van der Waals surface area contributed by atoms with Crippen LogP contribution in [0.1, 0.15) is 16.7 Å². The minimum Gasteiger partial charge on any atom is -0.472 e. The summed E-state index contributed by atoms with van der Waals surface area (Å²) in [5.41, 5.74) is 4.80. The number of para-hydroxylation sites is 1. The maximum absolute atomic E-state index is 12.1. The van der Waals surface area contributed by atoms with Crippen LogP contribution in [0.3, 0.4) is 0 Å². The molecule has 130 valence electrons. The second-order valence-electron chi connectivity index (χ2n) is 6.18. The van der Waals surface area contributed by atoms with Gasteiger partial charge in [0, 0.05) is 23.0 Å². The van der Waals surface area contributed by atoms with E-state index in [0.29, 0.717) is 5.56 Å². The van der Waals surface area contributed by atoms with Crippen molar-refractivity contribution < 1.29 is 9.21 Å². The van der Waals surface area contributed by atoms with Crippen LogP contribution in [0, 0.1) is 11.3 Å². The number of benzene rings is 2. The molecule has 0 N–H and O–H groups in total. The van der Waals surface area contributed by atoms with E-state index in [1.54, 1.807) is 18.6 Å². The summed E-state index contributed by atoms with van der Waals surface area (Å²) in [4.78, 5) is 14.0. The van der Waals surface area contributed by atoms with Crippen molar-refractivity contribution >= 4 is 23.1 Å². The van der Waals surface area contributed by atoms with Crippen LogP contribution in [0.15, 0.2) is 89.9 Å². The molecule has 0 radical (unpaired) electrons. The minimum atomic E-state index is -0.530. The van der Waals surface area contributed by atoms with Crippen molar-refractivity contribution in [2.45, 2.75) is 6.04 Å². The lowest BCUT2D eigenvalue weighted by molar-refractivity contribution is -0.107. The summed E-state index contributed by atoms with van der Waals surface area (Å²) in [6.45, 7) is 0. The van der Waals surface area contributed by atoms with Crippen LogP contribution < -0.4 is 4.90 Å². The number of rotatable bonds is 4. The van der Waals surface area contributed by atoms with E-state index in [9.17, 15) is 10.1 Å². The monoisotopic (exact) mass is 352 g/mol. The van der Waals surface area contributed by atoms with Crippen LogP contribution in [0.2, 0.25) is 0 Å². The van der Waals surface area contributed by atoms with E-state index in [2.05, 4.69) is 6.07 Å². The van der Waals surface area contributed by atoms with E-state index in [1.807, 2.05) is 71.8 Å². The highest BCUT2D eigenvalue weighted by Gasteiger charge is 2.28. The molecule has 1 aromatic heterocycles. The number of furan rings is 1. The molecule has 2 heterocycles. The topological polar surface area (TPSA) is 57.2 Å². The van der Waals surface area contributed by atoms with E-state index >= 15 is 0 Å². The van der Waals surface area contributed by atoms with Crippen molar-refractivity contribution in [2.75, 3.05) is 4.90 Å². The summed E-state index contributed by atoms with van der Waals surface area (Å²) in [6, 6.07) is 20.6. The zero-order valence-corrected chi connectivity index (χ0v) is 14.4. The molecule has 4 rings (SSSR count). The number of allylic oxidation sites excluding steroid dienone is 2. The molecule has 27 heavy (non-hydrogen) atoms. The predicted octanol–water partition coefficient (Wildman–Crippen LogP) is 4.66. The van der Waals surface area contributed by atoms with Gasteiger partial charge in [-0.1, -0.05) is 36.4 Å². The molecule has 0 aliphatic carbocycles. The Hall–Kier alpha value is -3.84. The van der Waals surface area contributed by atoms with Crippen molar-refractivity contribution in [1.29, 1.82) is 5.26 Å². The lowest BCUT2D eigenvalue weighted by atomic mass is 9.89. The molecule has 3 aromatic rings. The number of nitrogens with zero attached hydrogens (tertiary/aromatic N) is 2. The third-order valence-corrected chi connectivity index (χ3v) is 4.60. The van der Waals surface area contributed by atoms with Crippen molar-refractivity contribution in [2.24, 2.45) is 0 Å². The number of carbonyl (C=O) groups excluding carboxylic acids is 1. The van der Waals surface area contributed by atoms with E-state index in [-0.39, 0.29) is 0 Å². The van der Waals surface area contributed by atoms with E-state index in [1.165, 1.54) is 0 Å². The highest BCUT2D eigenvalue weighted by Crippen LogP contribution is 2.36. The average molecular weight is 352 g/mol. The Bertz CT molecular complexity index is 1060. The van der Waals surface area contributed by atoms with E-state index in [4.69, 9.17) is 4.42 Å². The van der Waals surface area contributed by atoms with Gasteiger partial charge < -0.3 is 14.1 Å². The fourth-order valence-corrected chi connectivity index (χ4v) is 3.30. The fraction of sp³-hybridized carbons (Fsp3) is 0.0435. The summed E-state index contributed by atoms with van der Waals surface area (Å²) in [5.74, 6) is 0. The lowest BCUT2D eigenvalue weighted by Gasteiger charge is -2.33. The van der Waals surface area contributed by atoms with E-state index < -0.39 is 6.04 Å². The molecule has 0 saturated carbocycles. The second-order valence-corrected chi connectivity index (χ2v) is 6.18. The van der Waals surface area contributed by atoms with Gasteiger partial charge in [0.2, 0.25) is 0 Å². The highest BCUT2D eigenvalue weighted by molar-refractivity contribution is 5.99. The summed E-state index contributed by atoms with van der Waals surface area (Å²) < 4.78 is 5.24. The predicted molar refractivity (Wildman–Crippen MR) is 105 cm³/mol. The maximum Gasteiger partial charge on any atom is 0.147 e. The van der Waals surface area contributed by atoms with Crippen molar-refractivity contribution in [3.8, 4) is 6.07 Å². The molecule has 0 saturated heterocycles. The van der Waals surface area contributed by atoms with Gasteiger partial charge in [0.25, 0.3) is 0 Å². The van der Waals surface area contributed by atoms with Gasteiger partial charge in [-0.2, -0.15) is 5.26 Å². The molecule has 0 bridgehead atoms. The SMILES string of the molecule is N#Cc1ccccc1C1=CC(c2ccoc2)=CN(c2ccccc2)C1C=O. The van der Waals surface area contributed by atoms with Gasteiger partial charge in [-0.3, -0.25) is 0 Å². The summed E-state index contributed by atoms with van der Waals surface area (Å²) >= 11 is 0. The van der Waals surface area contributed by atoms with Crippen LogP contribution in [0.5, 0.6) is 0 Å². The molecule has 1 aliphatic rings. The molecule has 4 nitrogen and oxygen atoms in total. The van der Waals surface area contributed by atoms with Crippen LogP contribution in [0.4, 0.5) is 5.69 Å². The Balaban J connectivity index is 1.92.